The molecule has 1 amide bonds. The van der Waals surface area contributed by atoms with Gasteiger partial charge < -0.3 is 10.2 Å². The summed E-state index contributed by atoms with van der Waals surface area (Å²) in [5.74, 6) is -3.20. The van der Waals surface area contributed by atoms with Crippen LogP contribution in [0.2, 0.25) is 0 Å². The lowest BCUT2D eigenvalue weighted by Gasteiger charge is -2.31. The van der Waals surface area contributed by atoms with Gasteiger partial charge in [0.05, 0.1) is 5.37 Å². The number of halogens is 3. The van der Waals surface area contributed by atoms with E-state index in [1.165, 1.54) is 0 Å². The van der Waals surface area contributed by atoms with Crippen molar-refractivity contribution in [2.75, 3.05) is 19.6 Å². The van der Waals surface area contributed by atoms with E-state index in [0.29, 0.717) is 25.7 Å². The van der Waals surface area contributed by atoms with Gasteiger partial charge in [-0.05, 0) is 24.5 Å². The van der Waals surface area contributed by atoms with Gasteiger partial charge in [-0.1, -0.05) is 0 Å². The Bertz CT molecular complexity index is 527. The van der Waals surface area contributed by atoms with Gasteiger partial charge in [-0.25, -0.2) is 13.2 Å². The quantitative estimate of drug-likeness (QED) is 0.657. The van der Waals surface area contributed by atoms with E-state index in [9.17, 15) is 18.0 Å². The number of piperazine rings is 1. The molecule has 1 aliphatic rings. The first kappa shape index (κ1) is 16.2. The van der Waals surface area contributed by atoms with Crippen molar-refractivity contribution in [3.8, 4) is 0 Å². The molecule has 0 aromatic heterocycles. The molecule has 1 aromatic rings. The molecule has 115 valence electrons. The van der Waals surface area contributed by atoms with Crippen molar-refractivity contribution in [2.45, 2.75) is 18.2 Å². The molecule has 1 atom stereocenters. The number of nitrogens with zero attached hydrogens (tertiary/aromatic N) is 1. The second kappa shape index (κ2) is 7.17. The number of amides is 1. The van der Waals surface area contributed by atoms with E-state index in [1.807, 2.05) is 0 Å². The van der Waals surface area contributed by atoms with Crippen molar-refractivity contribution in [2.24, 2.45) is 0 Å². The fourth-order valence-electron chi connectivity index (χ4n) is 2.16. The molecule has 7 heteroatoms. The van der Waals surface area contributed by atoms with Crippen molar-refractivity contribution in [3.05, 3.63) is 41.6 Å². The molecule has 1 fully saturated rings. The molecule has 1 aromatic carbocycles. The van der Waals surface area contributed by atoms with E-state index in [0.717, 1.165) is 6.07 Å². The maximum Gasteiger partial charge on any atom is 0.222 e. The first-order valence-electron chi connectivity index (χ1n) is 6.61. The van der Waals surface area contributed by atoms with Crippen LogP contribution in [0.1, 0.15) is 12.0 Å². The highest BCUT2D eigenvalue weighted by Crippen LogP contribution is 2.16. The molecule has 1 radical (unpaired) electrons. The zero-order chi connectivity index (χ0) is 15.4. The van der Waals surface area contributed by atoms with Gasteiger partial charge in [0.1, 0.15) is 5.82 Å². The maximum atomic E-state index is 13.4. The lowest BCUT2D eigenvalue weighted by molar-refractivity contribution is -0.131. The number of nitrogens with one attached hydrogen (secondary N) is 1. The van der Waals surface area contributed by atoms with Crippen LogP contribution in [0.25, 0.3) is 0 Å². The molecule has 3 nitrogen and oxygen atoms in total. The first-order chi connectivity index (χ1) is 9.97. The number of benzene rings is 1. The predicted molar refractivity (Wildman–Crippen MR) is 76.3 cm³/mol. The molecule has 0 unspecified atom stereocenters. The fraction of sp³-hybridized carbons (Fsp3) is 0.429. The number of hydrogen-bond acceptors (Lipinski definition) is 3. The standard InChI is InChI=1S/C14H16F3N2OS/c15-10-7-12(17)11(16)6-9(10)2-1-3-14(20)19-5-4-18-13(21)8-19/h1,6-7,13,18,21H,2-5,8H2/t13-/m1/s1. The number of thiol groups is 1. The average molecular weight is 317 g/mol. The Hall–Kier alpha value is -1.21. The molecule has 2 rings (SSSR count). The third-order valence-corrected chi connectivity index (χ3v) is 3.63. The van der Waals surface area contributed by atoms with E-state index in [2.05, 4.69) is 17.9 Å². The molecule has 21 heavy (non-hydrogen) atoms. The average Bonchev–Trinajstić information content (AvgIpc) is 2.44. The van der Waals surface area contributed by atoms with E-state index in [-0.39, 0.29) is 29.7 Å². The molecule has 0 bridgehead atoms. The number of carbonyl (C=O) groups excluding carboxylic acids is 1. The van der Waals surface area contributed by atoms with Crippen LogP contribution in [0.4, 0.5) is 13.2 Å². The summed E-state index contributed by atoms with van der Waals surface area (Å²) >= 11 is 4.26. The molecule has 1 heterocycles. The van der Waals surface area contributed by atoms with Crippen LogP contribution in [0.5, 0.6) is 0 Å². The van der Waals surface area contributed by atoms with E-state index in [1.54, 1.807) is 11.3 Å². The van der Waals surface area contributed by atoms with Crippen molar-refractivity contribution in [1.82, 2.24) is 10.2 Å². The number of hydrogen-bond donors (Lipinski definition) is 2. The lowest BCUT2D eigenvalue weighted by Crippen LogP contribution is -2.50. The Morgan fingerprint density at radius 3 is 2.76 bits per heavy atom. The van der Waals surface area contributed by atoms with Gasteiger partial charge in [0.25, 0.3) is 0 Å². The van der Waals surface area contributed by atoms with Gasteiger partial charge in [-0.15, -0.1) is 0 Å². The highest BCUT2D eigenvalue weighted by atomic mass is 32.1. The van der Waals surface area contributed by atoms with Crippen LogP contribution in [0, 0.1) is 23.9 Å². The minimum Gasteiger partial charge on any atom is -0.339 e. The molecular formula is C14H16F3N2OS. The molecule has 0 aliphatic carbocycles. The van der Waals surface area contributed by atoms with Gasteiger partial charge in [-0.2, -0.15) is 12.6 Å². The zero-order valence-corrected chi connectivity index (χ0v) is 12.2. The predicted octanol–water partition coefficient (Wildman–Crippen LogP) is 1.93. The van der Waals surface area contributed by atoms with Crippen LogP contribution in [0.15, 0.2) is 12.1 Å². The van der Waals surface area contributed by atoms with Crippen molar-refractivity contribution in [1.29, 1.82) is 0 Å². The summed E-state index contributed by atoms with van der Waals surface area (Å²) in [6.07, 6.45) is 1.76. The maximum absolute atomic E-state index is 13.4. The lowest BCUT2D eigenvalue weighted by atomic mass is 10.1. The SMILES string of the molecule is O=C(C[CH]Cc1cc(F)c(F)cc1F)N1CCN[C@H](S)C1. The molecule has 0 spiro atoms. The smallest absolute Gasteiger partial charge is 0.222 e. The zero-order valence-electron chi connectivity index (χ0n) is 11.3. The van der Waals surface area contributed by atoms with Crippen LogP contribution in [0.3, 0.4) is 0 Å². The first-order valence-corrected chi connectivity index (χ1v) is 7.13. The van der Waals surface area contributed by atoms with Gasteiger partial charge in [0.15, 0.2) is 11.6 Å². The van der Waals surface area contributed by atoms with E-state index >= 15 is 0 Å². The Kier molecular flexibility index (Phi) is 5.52. The van der Waals surface area contributed by atoms with Crippen LogP contribution in [-0.2, 0) is 11.2 Å². The molecule has 0 saturated carbocycles. The van der Waals surface area contributed by atoms with E-state index in [4.69, 9.17) is 0 Å². The summed E-state index contributed by atoms with van der Waals surface area (Å²) in [5.41, 5.74) is 0.0362. The largest absolute Gasteiger partial charge is 0.339 e. The topological polar surface area (TPSA) is 32.3 Å². The second-order valence-electron chi connectivity index (χ2n) is 4.86. The Balaban J connectivity index is 1.84. The summed E-state index contributed by atoms with van der Waals surface area (Å²) in [7, 11) is 0. The third kappa shape index (κ3) is 4.38. The Labute approximate surface area is 126 Å². The van der Waals surface area contributed by atoms with Crippen LogP contribution >= 0.6 is 12.6 Å². The highest BCUT2D eigenvalue weighted by molar-refractivity contribution is 7.80. The van der Waals surface area contributed by atoms with Crippen LogP contribution < -0.4 is 5.32 Å². The summed E-state index contributed by atoms with van der Waals surface area (Å²) in [6, 6.07) is 1.34. The summed E-state index contributed by atoms with van der Waals surface area (Å²) in [5, 5.41) is 3.05. The minimum absolute atomic E-state index is 0.0362. The molecular weight excluding hydrogens is 301 g/mol. The van der Waals surface area contributed by atoms with Gasteiger partial charge in [0.2, 0.25) is 5.91 Å². The van der Waals surface area contributed by atoms with Crippen LogP contribution in [-0.4, -0.2) is 35.8 Å². The highest BCUT2D eigenvalue weighted by Gasteiger charge is 2.20. The summed E-state index contributed by atoms with van der Waals surface area (Å²) < 4.78 is 39.2. The number of rotatable bonds is 4. The molecule has 1 aliphatic heterocycles. The van der Waals surface area contributed by atoms with Gasteiger partial charge >= 0.3 is 0 Å². The molecule has 1 saturated heterocycles. The normalized spacial score (nSPS) is 18.9. The molecule has 1 N–H and O–H groups in total. The Morgan fingerprint density at radius 2 is 2.05 bits per heavy atom. The van der Waals surface area contributed by atoms with Gasteiger partial charge in [-0.3, -0.25) is 4.79 Å². The van der Waals surface area contributed by atoms with Gasteiger partial charge in [0, 0.05) is 32.1 Å². The number of carbonyl (C=O) groups is 1. The third-order valence-electron chi connectivity index (χ3n) is 3.28. The fourth-order valence-corrected chi connectivity index (χ4v) is 2.48. The second-order valence-corrected chi connectivity index (χ2v) is 5.49. The van der Waals surface area contributed by atoms with E-state index < -0.39 is 17.5 Å². The van der Waals surface area contributed by atoms with Crippen molar-refractivity contribution in [3.63, 3.8) is 0 Å². The van der Waals surface area contributed by atoms with Crippen molar-refractivity contribution >= 4 is 18.5 Å². The van der Waals surface area contributed by atoms with Crippen molar-refractivity contribution < 1.29 is 18.0 Å². The minimum atomic E-state index is -1.21. The summed E-state index contributed by atoms with van der Waals surface area (Å²) in [4.78, 5) is 13.6. The monoisotopic (exact) mass is 317 g/mol. The summed E-state index contributed by atoms with van der Waals surface area (Å²) in [6.45, 7) is 1.79. The Morgan fingerprint density at radius 1 is 1.33 bits per heavy atom.